The lowest BCUT2D eigenvalue weighted by Gasteiger charge is -2.06. The molecule has 1 amide bonds. The first-order chi connectivity index (χ1) is 13.4. The summed E-state index contributed by atoms with van der Waals surface area (Å²) in [5, 5.41) is 5.04. The highest BCUT2D eigenvalue weighted by atomic mass is 32.2. The van der Waals surface area contributed by atoms with Gasteiger partial charge in [0.25, 0.3) is 0 Å². The van der Waals surface area contributed by atoms with E-state index in [4.69, 9.17) is 4.42 Å². The van der Waals surface area contributed by atoms with E-state index in [1.54, 1.807) is 0 Å². The summed E-state index contributed by atoms with van der Waals surface area (Å²) in [4.78, 5) is 14.7. The van der Waals surface area contributed by atoms with Crippen LogP contribution in [0.5, 0.6) is 0 Å². The zero-order chi connectivity index (χ0) is 20.3. The van der Waals surface area contributed by atoms with Crippen molar-refractivity contribution >= 4 is 33.8 Å². The molecular formula is C17H14F2N4O4S. The maximum absolute atomic E-state index is 14.0. The van der Waals surface area contributed by atoms with Gasteiger partial charge in [0.05, 0.1) is 4.90 Å². The number of nitrogens with zero attached hydrogens (tertiary/aromatic N) is 1. The predicted molar refractivity (Wildman–Crippen MR) is 97.5 cm³/mol. The second-order valence-corrected chi connectivity index (χ2v) is 7.30. The smallest absolute Gasteiger partial charge is 0.243 e. The summed E-state index contributed by atoms with van der Waals surface area (Å²) in [6.45, 7) is 0. The highest BCUT2D eigenvalue weighted by Crippen LogP contribution is 2.33. The molecule has 0 bridgehead atoms. The highest BCUT2D eigenvalue weighted by Gasteiger charge is 2.21. The Morgan fingerprint density at radius 3 is 2.29 bits per heavy atom. The number of sulfonamides is 1. The molecule has 11 heteroatoms. The average molecular weight is 408 g/mol. The Kier molecular flexibility index (Phi) is 5.38. The lowest BCUT2D eigenvalue weighted by molar-refractivity contribution is -0.105. The largest absolute Gasteiger partial charge is 0.418 e. The molecule has 28 heavy (non-hydrogen) atoms. The van der Waals surface area contributed by atoms with Crippen molar-refractivity contribution < 1.29 is 26.4 Å². The quantitative estimate of drug-likeness (QED) is 0.518. The zero-order valence-electron chi connectivity index (χ0n) is 14.4. The molecule has 0 saturated heterocycles. The number of hydrogen-bond donors (Lipinski definition) is 3. The van der Waals surface area contributed by atoms with Gasteiger partial charge in [-0.1, -0.05) is 6.07 Å². The van der Waals surface area contributed by atoms with Crippen molar-refractivity contribution in [2.24, 2.45) is 0 Å². The number of carbonyl (C=O) groups is 1. The molecule has 0 aliphatic heterocycles. The third-order valence-electron chi connectivity index (χ3n) is 3.69. The molecule has 0 aliphatic rings. The number of benzene rings is 2. The van der Waals surface area contributed by atoms with Crippen molar-refractivity contribution in [3.8, 4) is 11.5 Å². The molecule has 3 rings (SSSR count). The van der Waals surface area contributed by atoms with Gasteiger partial charge < -0.3 is 15.1 Å². The Bertz CT molecular complexity index is 1090. The standard InChI is InChI=1S/C17H14F2N4O4S/c1-20-28(25,26)11-7-5-10(6-8-11)22-17-15(21-9-24)23-16(27-17)14-12(18)3-2-4-13(14)19/h2-9,20,22H,1H3,(H,21,24). The van der Waals surface area contributed by atoms with E-state index in [2.05, 4.69) is 20.3 Å². The van der Waals surface area contributed by atoms with Crippen LogP contribution in [0.1, 0.15) is 0 Å². The van der Waals surface area contributed by atoms with E-state index in [1.165, 1.54) is 37.4 Å². The number of aromatic nitrogens is 1. The van der Waals surface area contributed by atoms with Gasteiger partial charge in [0.1, 0.15) is 17.2 Å². The van der Waals surface area contributed by atoms with Crippen molar-refractivity contribution in [1.29, 1.82) is 0 Å². The van der Waals surface area contributed by atoms with E-state index >= 15 is 0 Å². The second kappa shape index (κ2) is 7.74. The summed E-state index contributed by atoms with van der Waals surface area (Å²) >= 11 is 0. The van der Waals surface area contributed by atoms with Crippen LogP contribution < -0.4 is 15.4 Å². The first kappa shape index (κ1) is 19.5. The molecule has 3 N–H and O–H groups in total. The maximum Gasteiger partial charge on any atom is 0.243 e. The van der Waals surface area contributed by atoms with Crippen molar-refractivity contribution in [2.45, 2.75) is 4.90 Å². The van der Waals surface area contributed by atoms with Crippen LogP contribution in [0.25, 0.3) is 11.5 Å². The number of carbonyl (C=O) groups excluding carboxylic acids is 1. The Morgan fingerprint density at radius 1 is 1.07 bits per heavy atom. The Labute approximate surface area is 158 Å². The molecule has 0 spiro atoms. The number of oxazole rings is 1. The van der Waals surface area contributed by atoms with Gasteiger partial charge in [0.15, 0.2) is 5.82 Å². The molecule has 0 fully saturated rings. The van der Waals surface area contributed by atoms with Gasteiger partial charge in [-0.25, -0.2) is 21.9 Å². The van der Waals surface area contributed by atoms with E-state index in [0.717, 1.165) is 12.1 Å². The zero-order valence-corrected chi connectivity index (χ0v) is 15.2. The SMILES string of the molecule is CNS(=O)(=O)c1ccc(Nc2oc(-c3c(F)cccc3F)nc2NC=O)cc1. The van der Waals surface area contributed by atoms with Gasteiger partial charge in [0.2, 0.25) is 28.2 Å². The van der Waals surface area contributed by atoms with Crippen LogP contribution in [0, 0.1) is 11.6 Å². The Balaban J connectivity index is 1.96. The minimum Gasteiger partial charge on any atom is -0.418 e. The summed E-state index contributed by atoms with van der Waals surface area (Å²) in [7, 11) is -2.31. The van der Waals surface area contributed by atoms with Crippen molar-refractivity contribution in [3.63, 3.8) is 0 Å². The number of amides is 1. The maximum atomic E-state index is 14.0. The Morgan fingerprint density at radius 2 is 1.71 bits per heavy atom. The minimum atomic E-state index is -3.60. The molecule has 0 aliphatic carbocycles. The lowest BCUT2D eigenvalue weighted by atomic mass is 10.2. The summed E-state index contributed by atoms with van der Waals surface area (Å²) in [6, 6.07) is 8.86. The molecule has 0 radical (unpaired) electrons. The molecule has 3 aromatic rings. The van der Waals surface area contributed by atoms with Crippen LogP contribution in [0.3, 0.4) is 0 Å². The van der Waals surface area contributed by atoms with E-state index in [9.17, 15) is 22.0 Å². The summed E-state index contributed by atoms with van der Waals surface area (Å²) in [6.07, 6.45) is 0.326. The molecule has 1 aromatic heterocycles. The molecule has 0 saturated carbocycles. The Hall–Kier alpha value is -3.31. The molecule has 146 valence electrons. The number of rotatable bonds is 7. The van der Waals surface area contributed by atoms with Gasteiger partial charge >= 0.3 is 0 Å². The second-order valence-electron chi connectivity index (χ2n) is 5.41. The fourth-order valence-electron chi connectivity index (χ4n) is 2.33. The van der Waals surface area contributed by atoms with E-state index in [0.29, 0.717) is 12.1 Å². The third-order valence-corrected chi connectivity index (χ3v) is 5.12. The van der Waals surface area contributed by atoms with Crippen LogP contribution in [-0.4, -0.2) is 26.9 Å². The molecule has 1 heterocycles. The molecule has 8 nitrogen and oxygen atoms in total. The molecular weight excluding hydrogens is 394 g/mol. The molecule has 0 unspecified atom stereocenters. The average Bonchev–Trinajstić information content (AvgIpc) is 3.04. The van der Waals surface area contributed by atoms with Gasteiger partial charge in [-0.15, -0.1) is 0 Å². The van der Waals surface area contributed by atoms with Crippen LogP contribution in [0.2, 0.25) is 0 Å². The number of halogens is 2. The summed E-state index contributed by atoms with van der Waals surface area (Å²) < 4.78 is 59.0. The van der Waals surface area contributed by atoms with Crippen LogP contribution in [-0.2, 0) is 14.8 Å². The number of hydrogen-bond acceptors (Lipinski definition) is 6. The van der Waals surface area contributed by atoms with Crippen LogP contribution in [0.4, 0.5) is 26.2 Å². The van der Waals surface area contributed by atoms with E-state index in [1.807, 2.05) is 0 Å². The minimum absolute atomic E-state index is 0.0403. The fourth-order valence-corrected chi connectivity index (χ4v) is 3.06. The van der Waals surface area contributed by atoms with Gasteiger partial charge in [0, 0.05) is 5.69 Å². The topological polar surface area (TPSA) is 113 Å². The first-order valence-electron chi connectivity index (χ1n) is 7.81. The van der Waals surface area contributed by atoms with E-state index < -0.39 is 27.2 Å². The number of anilines is 3. The number of nitrogens with one attached hydrogen (secondary N) is 3. The molecule has 2 aromatic carbocycles. The van der Waals surface area contributed by atoms with E-state index in [-0.39, 0.29) is 22.5 Å². The van der Waals surface area contributed by atoms with Crippen molar-refractivity contribution in [2.75, 3.05) is 17.7 Å². The van der Waals surface area contributed by atoms with Crippen LogP contribution in [0.15, 0.2) is 51.8 Å². The van der Waals surface area contributed by atoms with Crippen molar-refractivity contribution in [3.05, 3.63) is 54.1 Å². The summed E-state index contributed by atoms with van der Waals surface area (Å²) in [5.74, 6) is -2.33. The first-order valence-corrected chi connectivity index (χ1v) is 9.30. The van der Waals surface area contributed by atoms with Gasteiger partial charge in [-0.2, -0.15) is 4.98 Å². The predicted octanol–water partition coefficient (Wildman–Crippen LogP) is 2.84. The third kappa shape index (κ3) is 3.85. The van der Waals surface area contributed by atoms with Gasteiger partial charge in [-0.05, 0) is 43.4 Å². The van der Waals surface area contributed by atoms with Crippen LogP contribution >= 0.6 is 0 Å². The normalized spacial score (nSPS) is 11.2. The lowest BCUT2D eigenvalue weighted by Crippen LogP contribution is -2.18. The molecule has 0 atom stereocenters. The highest BCUT2D eigenvalue weighted by molar-refractivity contribution is 7.89. The van der Waals surface area contributed by atoms with Crippen molar-refractivity contribution in [1.82, 2.24) is 9.71 Å². The fraction of sp³-hybridized carbons (Fsp3) is 0.0588. The monoisotopic (exact) mass is 408 g/mol. The summed E-state index contributed by atoms with van der Waals surface area (Å²) in [5.41, 5.74) is -0.0966. The van der Waals surface area contributed by atoms with Gasteiger partial charge in [-0.3, -0.25) is 4.79 Å².